The van der Waals surface area contributed by atoms with Crippen LogP contribution in [0.15, 0.2) is 48.5 Å². The lowest BCUT2D eigenvalue weighted by Crippen LogP contribution is -2.35. The fourth-order valence-electron chi connectivity index (χ4n) is 3.95. The topological polar surface area (TPSA) is 77.8 Å². The van der Waals surface area contributed by atoms with Crippen molar-refractivity contribution in [3.05, 3.63) is 88.0 Å². The maximum Gasteiger partial charge on any atom is 0.354 e. The third-order valence-corrected chi connectivity index (χ3v) is 5.83. The van der Waals surface area contributed by atoms with Crippen molar-refractivity contribution >= 4 is 17.7 Å². The zero-order valence-corrected chi connectivity index (χ0v) is 19.8. The van der Waals surface area contributed by atoms with Crippen LogP contribution >= 0.6 is 0 Å². The Morgan fingerprint density at radius 2 is 1.59 bits per heavy atom. The molecule has 0 saturated carbocycles. The molecule has 178 valence electrons. The molecule has 2 aromatic carbocycles. The van der Waals surface area contributed by atoms with Crippen molar-refractivity contribution < 1.29 is 28.2 Å². The second kappa shape index (κ2) is 10.3. The van der Waals surface area contributed by atoms with E-state index in [1.54, 1.807) is 61.9 Å². The molecule has 0 radical (unpaired) electrons. The zero-order valence-electron chi connectivity index (χ0n) is 19.8. The monoisotopic (exact) mass is 466 g/mol. The SMILES string of the molecule is COC(=O)c1c(C)c(C(=O)CN(Cc2ccc(F)cc2)C(=O)c2ccc(OC)cc2)c(C)n1C. The Hall–Kier alpha value is -3.94. The first-order chi connectivity index (χ1) is 16.2. The van der Waals surface area contributed by atoms with Crippen molar-refractivity contribution in [3.8, 4) is 5.75 Å². The Morgan fingerprint density at radius 1 is 0.971 bits per heavy atom. The van der Waals surface area contributed by atoms with Crippen molar-refractivity contribution in [3.63, 3.8) is 0 Å². The minimum absolute atomic E-state index is 0.103. The first-order valence-corrected chi connectivity index (χ1v) is 10.6. The maximum atomic E-state index is 13.4. The number of Topliss-reactive ketones (excluding diaryl/α,β-unsaturated/α-hetero) is 1. The van der Waals surface area contributed by atoms with Gasteiger partial charge in [-0.3, -0.25) is 9.59 Å². The molecule has 7 nitrogen and oxygen atoms in total. The van der Waals surface area contributed by atoms with Gasteiger partial charge in [0, 0.05) is 30.4 Å². The number of amides is 1. The smallest absolute Gasteiger partial charge is 0.354 e. The molecule has 0 aliphatic rings. The summed E-state index contributed by atoms with van der Waals surface area (Å²) in [5.41, 5.74) is 2.81. The molecule has 0 atom stereocenters. The highest BCUT2D eigenvalue weighted by molar-refractivity contribution is 6.06. The van der Waals surface area contributed by atoms with Crippen LogP contribution in [-0.4, -0.2) is 47.9 Å². The standard InChI is InChI=1S/C26H27FN2O5/c1-16-23(17(2)28(3)24(16)26(32)34-5)22(30)15-29(14-18-6-10-20(27)11-7-18)25(31)19-8-12-21(33-4)13-9-19/h6-13H,14-15H2,1-5H3. The molecule has 34 heavy (non-hydrogen) atoms. The Kier molecular flexibility index (Phi) is 7.50. The number of nitrogens with zero attached hydrogens (tertiary/aromatic N) is 2. The molecule has 0 aliphatic heterocycles. The quantitative estimate of drug-likeness (QED) is 0.369. The van der Waals surface area contributed by atoms with Gasteiger partial charge in [0.2, 0.25) is 0 Å². The molecular weight excluding hydrogens is 439 g/mol. The summed E-state index contributed by atoms with van der Waals surface area (Å²) < 4.78 is 25.0. The van der Waals surface area contributed by atoms with Crippen LogP contribution in [0.4, 0.5) is 4.39 Å². The predicted octanol–water partition coefficient (Wildman–Crippen LogP) is 4.10. The van der Waals surface area contributed by atoms with Crippen LogP contribution in [0, 0.1) is 19.7 Å². The molecule has 0 bridgehead atoms. The molecule has 0 unspecified atom stereocenters. The van der Waals surface area contributed by atoms with Crippen LogP contribution in [0.1, 0.15) is 48.0 Å². The van der Waals surface area contributed by atoms with Gasteiger partial charge in [-0.1, -0.05) is 12.1 Å². The zero-order chi connectivity index (χ0) is 25.0. The summed E-state index contributed by atoms with van der Waals surface area (Å²) in [7, 11) is 4.50. The van der Waals surface area contributed by atoms with Crippen molar-refractivity contribution in [2.24, 2.45) is 7.05 Å². The van der Waals surface area contributed by atoms with Gasteiger partial charge in [0.1, 0.15) is 17.3 Å². The maximum absolute atomic E-state index is 13.4. The van der Waals surface area contributed by atoms with Crippen LogP contribution < -0.4 is 4.74 Å². The lowest BCUT2D eigenvalue weighted by Gasteiger charge is -2.23. The van der Waals surface area contributed by atoms with Crippen LogP contribution in [0.3, 0.4) is 0 Å². The van der Waals surface area contributed by atoms with Crippen molar-refractivity contribution in [1.82, 2.24) is 9.47 Å². The van der Waals surface area contributed by atoms with Gasteiger partial charge in [0.15, 0.2) is 5.78 Å². The van der Waals surface area contributed by atoms with E-state index in [2.05, 4.69) is 0 Å². The first-order valence-electron chi connectivity index (χ1n) is 10.6. The Bertz CT molecular complexity index is 1210. The number of rotatable bonds is 8. The van der Waals surface area contributed by atoms with Gasteiger partial charge in [0.25, 0.3) is 5.91 Å². The average Bonchev–Trinajstić information content (AvgIpc) is 3.06. The molecule has 0 fully saturated rings. The summed E-state index contributed by atoms with van der Waals surface area (Å²) in [6, 6.07) is 12.3. The fraction of sp³-hybridized carbons (Fsp3) is 0.269. The normalized spacial score (nSPS) is 10.6. The van der Waals surface area contributed by atoms with Crippen molar-refractivity contribution in [2.75, 3.05) is 20.8 Å². The number of carbonyl (C=O) groups excluding carboxylic acids is 3. The number of ether oxygens (including phenoxy) is 2. The van der Waals surface area contributed by atoms with E-state index in [-0.39, 0.29) is 30.5 Å². The average molecular weight is 467 g/mol. The number of hydrogen-bond acceptors (Lipinski definition) is 5. The van der Waals surface area contributed by atoms with E-state index in [0.717, 1.165) is 0 Å². The van der Waals surface area contributed by atoms with Gasteiger partial charge in [-0.2, -0.15) is 0 Å². The Labute approximate surface area is 197 Å². The van der Waals surface area contributed by atoms with Crippen LogP contribution in [0.2, 0.25) is 0 Å². The number of aromatic nitrogens is 1. The van der Waals surface area contributed by atoms with Crippen LogP contribution in [0.25, 0.3) is 0 Å². The first kappa shape index (κ1) is 24.7. The molecule has 0 spiro atoms. The summed E-state index contributed by atoms with van der Waals surface area (Å²) in [6.07, 6.45) is 0. The summed E-state index contributed by atoms with van der Waals surface area (Å²) >= 11 is 0. The molecule has 8 heteroatoms. The van der Waals surface area contributed by atoms with E-state index in [1.807, 2.05) is 0 Å². The van der Waals surface area contributed by atoms with E-state index in [1.165, 1.54) is 31.3 Å². The minimum Gasteiger partial charge on any atom is -0.497 e. The molecular formula is C26H27FN2O5. The van der Waals surface area contributed by atoms with Gasteiger partial charge < -0.3 is 18.9 Å². The number of hydrogen-bond donors (Lipinski definition) is 0. The molecule has 1 heterocycles. The molecule has 1 amide bonds. The lowest BCUT2D eigenvalue weighted by molar-refractivity contribution is 0.0588. The Balaban J connectivity index is 1.96. The van der Waals surface area contributed by atoms with Gasteiger partial charge >= 0.3 is 5.97 Å². The number of benzene rings is 2. The van der Waals surface area contributed by atoms with Gasteiger partial charge in [-0.05, 0) is 61.4 Å². The molecule has 3 aromatic rings. The van der Waals surface area contributed by atoms with Crippen LogP contribution in [0.5, 0.6) is 5.75 Å². The van der Waals surface area contributed by atoms with Crippen molar-refractivity contribution in [1.29, 1.82) is 0 Å². The highest BCUT2D eigenvalue weighted by atomic mass is 19.1. The van der Waals surface area contributed by atoms with Gasteiger partial charge in [-0.15, -0.1) is 0 Å². The number of halogens is 1. The summed E-state index contributed by atoms with van der Waals surface area (Å²) in [6.45, 7) is 3.30. The van der Waals surface area contributed by atoms with Gasteiger partial charge in [0.05, 0.1) is 20.8 Å². The highest BCUT2D eigenvalue weighted by Crippen LogP contribution is 2.24. The third kappa shape index (κ3) is 5.01. The number of ketones is 1. The summed E-state index contributed by atoms with van der Waals surface area (Å²) in [5, 5.41) is 0. The molecule has 0 saturated heterocycles. The molecule has 0 N–H and O–H groups in total. The fourth-order valence-corrected chi connectivity index (χ4v) is 3.95. The van der Waals surface area contributed by atoms with E-state index < -0.39 is 11.8 Å². The summed E-state index contributed by atoms with van der Waals surface area (Å²) in [5.74, 6) is -1.01. The third-order valence-electron chi connectivity index (χ3n) is 5.83. The lowest BCUT2D eigenvalue weighted by atomic mass is 10.0. The van der Waals surface area contributed by atoms with Crippen LogP contribution in [-0.2, 0) is 18.3 Å². The highest BCUT2D eigenvalue weighted by Gasteiger charge is 2.28. The largest absolute Gasteiger partial charge is 0.497 e. The van der Waals surface area contributed by atoms with E-state index in [9.17, 15) is 18.8 Å². The molecule has 0 aliphatic carbocycles. The molecule has 1 aromatic heterocycles. The number of methoxy groups -OCH3 is 2. The molecule has 3 rings (SSSR count). The second-order valence-corrected chi connectivity index (χ2v) is 7.92. The predicted molar refractivity (Wildman–Crippen MR) is 125 cm³/mol. The summed E-state index contributed by atoms with van der Waals surface area (Å²) in [4.78, 5) is 40.4. The number of carbonyl (C=O) groups is 3. The van der Waals surface area contributed by atoms with E-state index >= 15 is 0 Å². The second-order valence-electron chi connectivity index (χ2n) is 7.92. The Morgan fingerprint density at radius 3 is 2.15 bits per heavy atom. The van der Waals surface area contributed by atoms with E-state index in [0.29, 0.717) is 33.7 Å². The van der Waals surface area contributed by atoms with Crippen molar-refractivity contribution in [2.45, 2.75) is 20.4 Å². The number of esters is 1. The van der Waals surface area contributed by atoms with Gasteiger partial charge in [-0.25, -0.2) is 9.18 Å². The minimum atomic E-state index is -0.542. The van der Waals surface area contributed by atoms with E-state index in [4.69, 9.17) is 9.47 Å².